The van der Waals surface area contributed by atoms with Gasteiger partial charge in [-0.1, -0.05) is 38.1 Å². The van der Waals surface area contributed by atoms with Gasteiger partial charge < -0.3 is 20.1 Å². The number of hydrogen-bond donors (Lipinski definition) is 2. The van der Waals surface area contributed by atoms with Gasteiger partial charge in [0.15, 0.2) is 0 Å². The van der Waals surface area contributed by atoms with Crippen LogP contribution in [0.5, 0.6) is 0 Å². The Balaban J connectivity index is 1.42. The van der Waals surface area contributed by atoms with E-state index in [1.807, 2.05) is 0 Å². The highest BCUT2D eigenvalue weighted by molar-refractivity contribution is 5.89. The molecule has 2 aliphatic heterocycles. The van der Waals surface area contributed by atoms with Gasteiger partial charge in [0, 0.05) is 25.8 Å². The summed E-state index contributed by atoms with van der Waals surface area (Å²) in [4.78, 5) is 22.8. The lowest BCUT2D eigenvalue weighted by molar-refractivity contribution is 0.00758. The topological polar surface area (TPSA) is 88.6 Å². The minimum Gasteiger partial charge on any atom is -0.444 e. The first-order valence-electron chi connectivity index (χ1n) is 10.5. The van der Waals surface area contributed by atoms with Gasteiger partial charge in [0.25, 0.3) is 0 Å². The maximum absolute atomic E-state index is 12.2. The third-order valence-electron chi connectivity index (χ3n) is 5.27. The zero-order valence-electron chi connectivity index (χ0n) is 17.7. The van der Waals surface area contributed by atoms with Crippen molar-refractivity contribution in [2.45, 2.75) is 46.1 Å². The molecule has 1 aromatic heterocycles. The van der Waals surface area contributed by atoms with Gasteiger partial charge in [0.05, 0.1) is 24.3 Å². The van der Waals surface area contributed by atoms with Gasteiger partial charge in [-0.25, -0.2) is 9.78 Å². The van der Waals surface area contributed by atoms with E-state index in [9.17, 15) is 4.79 Å². The lowest BCUT2D eigenvalue weighted by Gasteiger charge is -2.29. The first-order valence-corrected chi connectivity index (χ1v) is 10.5. The lowest BCUT2D eigenvalue weighted by atomic mass is 10.1. The number of ether oxygens (including phenoxy) is 2. The van der Waals surface area contributed by atoms with Crippen LogP contribution in [-0.4, -0.2) is 41.8 Å². The Morgan fingerprint density at radius 3 is 2.70 bits per heavy atom. The molecule has 0 spiro atoms. The molecule has 2 N–H and O–H groups in total. The van der Waals surface area contributed by atoms with Crippen LogP contribution in [0.25, 0.3) is 0 Å². The van der Waals surface area contributed by atoms with Crippen LogP contribution in [0.1, 0.15) is 43.5 Å². The Morgan fingerprint density at radius 2 is 2.03 bits per heavy atom. The number of anilines is 2. The van der Waals surface area contributed by atoms with E-state index in [-0.39, 0.29) is 18.7 Å². The fraction of sp³-hybridized carbons (Fsp3) is 0.500. The quantitative estimate of drug-likeness (QED) is 0.689. The molecule has 8 nitrogen and oxygen atoms in total. The van der Waals surface area contributed by atoms with Gasteiger partial charge in [-0.05, 0) is 24.0 Å². The molecular formula is C22H29N5O3. The van der Waals surface area contributed by atoms with Crippen LogP contribution in [-0.2, 0) is 22.7 Å². The monoisotopic (exact) mass is 411 g/mol. The Bertz CT molecular complexity index is 883. The maximum Gasteiger partial charge on any atom is 0.415 e. The molecule has 3 heterocycles. The van der Waals surface area contributed by atoms with E-state index in [0.717, 1.165) is 29.8 Å². The van der Waals surface area contributed by atoms with Gasteiger partial charge in [0.1, 0.15) is 12.4 Å². The largest absolute Gasteiger partial charge is 0.444 e. The molecule has 1 amide bonds. The number of fused-ring (bicyclic) bond motifs is 1. The van der Waals surface area contributed by atoms with Crippen LogP contribution in [0.2, 0.25) is 0 Å². The predicted octanol–water partition coefficient (Wildman–Crippen LogP) is 3.25. The van der Waals surface area contributed by atoms with Crippen molar-refractivity contribution in [3.8, 4) is 0 Å². The van der Waals surface area contributed by atoms with Crippen LogP contribution in [0.4, 0.5) is 16.6 Å². The molecule has 160 valence electrons. The summed E-state index contributed by atoms with van der Waals surface area (Å²) in [7, 11) is 0. The summed E-state index contributed by atoms with van der Waals surface area (Å²) < 4.78 is 11.1. The first-order chi connectivity index (χ1) is 14.5. The molecule has 0 bridgehead atoms. The van der Waals surface area contributed by atoms with Crippen molar-refractivity contribution in [2.75, 3.05) is 29.9 Å². The van der Waals surface area contributed by atoms with Gasteiger partial charge in [-0.2, -0.15) is 4.98 Å². The summed E-state index contributed by atoms with van der Waals surface area (Å²) in [6.45, 7) is 9.44. The van der Waals surface area contributed by atoms with Gasteiger partial charge in [-0.15, -0.1) is 0 Å². The number of aromatic nitrogens is 2. The van der Waals surface area contributed by atoms with Gasteiger partial charge in [0.2, 0.25) is 5.95 Å². The molecule has 30 heavy (non-hydrogen) atoms. The molecule has 2 aromatic rings. The molecule has 2 aliphatic rings. The molecule has 4 rings (SSSR count). The van der Waals surface area contributed by atoms with Crippen LogP contribution in [0, 0.1) is 5.92 Å². The summed E-state index contributed by atoms with van der Waals surface area (Å²) in [5.74, 6) is 1.43. The highest BCUT2D eigenvalue weighted by Crippen LogP contribution is 2.27. The zero-order valence-corrected chi connectivity index (χ0v) is 17.7. The van der Waals surface area contributed by atoms with E-state index in [0.29, 0.717) is 36.9 Å². The fourth-order valence-corrected chi connectivity index (χ4v) is 3.41. The van der Waals surface area contributed by atoms with Crippen molar-refractivity contribution in [1.82, 2.24) is 15.3 Å². The Morgan fingerprint density at radius 1 is 1.27 bits per heavy atom. The van der Waals surface area contributed by atoms with Crippen molar-refractivity contribution in [3.05, 3.63) is 47.2 Å². The maximum atomic E-state index is 12.2. The van der Waals surface area contributed by atoms with E-state index in [1.165, 1.54) is 0 Å². The average molecular weight is 412 g/mol. The minimum atomic E-state index is -0.357. The van der Waals surface area contributed by atoms with Crippen LogP contribution in [0.3, 0.4) is 0 Å². The predicted molar refractivity (Wildman–Crippen MR) is 114 cm³/mol. The normalized spacial score (nSPS) is 17.3. The number of rotatable bonds is 8. The van der Waals surface area contributed by atoms with E-state index in [2.05, 4.69) is 65.6 Å². The van der Waals surface area contributed by atoms with E-state index in [4.69, 9.17) is 9.47 Å². The number of amides is 1. The molecule has 0 radical (unpaired) electrons. The van der Waals surface area contributed by atoms with Crippen molar-refractivity contribution in [2.24, 2.45) is 5.92 Å². The first kappa shape index (κ1) is 20.6. The number of carbonyl (C=O) groups excluding carboxylic acids is 1. The molecule has 1 atom stereocenters. The van der Waals surface area contributed by atoms with Gasteiger partial charge in [-0.3, -0.25) is 4.90 Å². The van der Waals surface area contributed by atoms with E-state index in [1.54, 1.807) is 11.1 Å². The zero-order chi connectivity index (χ0) is 21.1. The fourth-order valence-electron chi connectivity index (χ4n) is 3.41. The van der Waals surface area contributed by atoms with Crippen molar-refractivity contribution in [3.63, 3.8) is 0 Å². The third kappa shape index (κ3) is 4.71. The highest BCUT2D eigenvalue weighted by Gasteiger charge is 2.28. The average Bonchev–Trinajstić information content (AvgIpc) is 2.69. The Hall–Kier alpha value is -2.71. The molecule has 1 saturated heterocycles. The minimum absolute atomic E-state index is 0.0166. The summed E-state index contributed by atoms with van der Waals surface area (Å²) in [5.41, 5.74) is 3.11. The van der Waals surface area contributed by atoms with Crippen LogP contribution in [0.15, 0.2) is 30.5 Å². The standard InChI is InChI=1S/C22H29N5O3/c1-14(2)11-27-20-18(13-30-22(27)28)8-24-21(26-20)25-15(3)17-6-4-16(5-7-17)12-29-19-9-23-10-19/h4-8,14-15,19,23H,9-13H2,1-3H3,(H,24,25,26). The molecule has 1 aromatic carbocycles. The highest BCUT2D eigenvalue weighted by atomic mass is 16.6. The van der Waals surface area contributed by atoms with Gasteiger partial charge >= 0.3 is 6.09 Å². The summed E-state index contributed by atoms with van der Waals surface area (Å²) in [6, 6.07) is 8.39. The number of nitrogens with one attached hydrogen (secondary N) is 2. The summed E-state index contributed by atoms with van der Waals surface area (Å²) in [6.07, 6.45) is 1.70. The number of nitrogens with zero attached hydrogens (tertiary/aromatic N) is 3. The second-order valence-corrected chi connectivity index (χ2v) is 8.30. The molecule has 1 fully saturated rings. The van der Waals surface area contributed by atoms with Crippen molar-refractivity contribution >= 4 is 17.9 Å². The van der Waals surface area contributed by atoms with Crippen molar-refractivity contribution in [1.29, 1.82) is 0 Å². The molecule has 0 aliphatic carbocycles. The summed E-state index contributed by atoms with van der Waals surface area (Å²) in [5, 5.41) is 6.55. The van der Waals surface area contributed by atoms with Crippen LogP contribution >= 0.6 is 0 Å². The van der Waals surface area contributed by atoms with E-state index >= 15 is 0 Å². The SMILES string of the molecule is CC(C)CN1C(=O)OCc2cnc(NC(C)c3ccc(COC4CNC4)cc3)nc21. The summed E-state index contributed by atoms with van der Waals surface area (Å²) >= 11 is 0. The third-order valence-corrected chi connectivity index (χ3v) is 5.27. The number of cyclic esters (lactones) is 1. The second kappa shape index (κ2) is 8.97. The van der Waals surface area contributed by atoms with E-state index < -0.39 is 0 Å². The number of benzene rings is 1. The Labute approximate surface area is 177 Å². The molecule has 8 heteroatoms. The smallest absolute Gasteiger partial charge is 0.415 e. The van der Waals surface area contributed by atoms with Crippen molar-refractivity contribution < 1.29 is 14.3 Å². The molecular weight excluding hydrogens is 382 g/mol. The number of carbonyl (C=O) groups is 1. The lowest BCUT2D eigenvalue weighted by Crippen LogP contribution is -2.48. The molecule has 0 saturated carbocycles. The molecule has 1 unspecified atom stereocenters. The van der Waals surface area contributed by atoms with Crippen LogP contribution < -0.4 is 15.5 Å². The second-order valence-electron chi connectivity index (χ2n) is 8.30. The Kier molecular flexibility index (Phi) is 6.15. The number of hydrogen-bond acceptors (Lipinski definition) is 7.